The average Bonchev–Trinajstić information content (AvgIpc) is 3.25. The number of aromatic nitrogens is 1. The van der Waals surface area contributed by atoms with Gasteiger partial charge in [0.2, 0.25) is 11.8 Å². The molecule has 0 aliphatic carbocycles. The fourth-order valence-corrected chi connectivity index (χ4v) is 5.66. The summed E-state index contributed by atoms with van der Waals surface area (Å²) in [5, 5.41) is 35.4. The van der Waals surface area contributed by atoms with Crippen LogP contribution in [0.3, 0.4) is 0 Å². The van der Waals surface area contributed by atoms with Gasteiger partial charge in [0.05, 0.1) is 18.1 Å². The van der Waals surface area contributed by atoms with Crippen molar-refractivity contribution in [1.82, 2.24) is 20.1 Å². The molecule has 0 aromatic carbocycles. The van der Waals surface area contributed by atoms with Crippen LogP contribution in [0.4, 0.5) is 0 Å². The fourth-order valence-electron chi connectivity index (χ4n) is 5.66. The Morgan fingerprint density at radius 3 is 2.15 bits per heavy atom. The van der Waals surface area contributed by atoms with Gasteiger partial charge in [-0.15, -0.1) is 0 Å². The molecule has 0 saturated carbocycles. The smallest absolute Gasteiger partial charge is 0.326 e. The largest absolute Gasteiger partial charge is 0.481 e. The first-order chi connectivity index (χ1) is 21.5. The van der Waals surface area contributed by atoms with Crippen molar-refractivity contribution in [3.05, 3.63) is 40.7 Å². The summed E-state index contributed by atoms with van der Waals surface area (Å²) in [6.07, 6.45) is 6.77. The number of aliphatic hydroxyl groups excluding tert-OH is 1. The Labute approximate surface area is 280 Å². The van der Waals surface area contributed by atoms with E-state index in [0.29, 0.717) is 0 Å². The summed E-state index contributed by atoms with van der Waals surface area (Å²) in [7, 11) is 3.60. The molecule has 0 fully saturated rings. The van der Waals surface area contributed by atoms with E-state index in [1.165, 1.54) is 11.8 Å². The number of carbonyl (C=O) groups excluding carboxylic acids is 2. The average molecular weight is 662 g/mol. The number of rotatable bonds is 17. The maximum atomic E-state index is 14.1. The van der Waals surface area contributed by atoms with Gasteiger partial charge >= 0.3 is 11.9 Å². The molecule has 1 unspecified atom stereocenters. The summed E-state index contributed by atoms with van der Waals surface area (Å²) >= 11 is 0. The minimum atomic E-state index is -1.37. The number of likely N-dealkylation sites (N-methyl/N-ethyl adjacent to an activating group) is 1. The highest BCUT2D eigenvalue weighted by molar-refractivity contribution is 5.95. The van der Waals surface area contributed by atoms with Crippen molar-refractivity contribution in [1.29, 1.82) is 0 Å². The molecule has 12 nitrogen and oxygen atoms in total. The Hall–Kier alpha value is -3.48. The molecule has 0 bridgehead atoms. The number of amides is 2. The molecule has 1 aromatic rings. The van der Waals surface area contributed by atoms with Crippen molar-refractivity contribution in [2.45, 2.75) is 124 Å². The Balaban J connectivity index is 3.31. The molecule has 1 heterocycles. The first-order valence-corrected chi connectivity index (χ1v) is 16.2. The number of nitrogens with one attached hydrogen (secondary N) is 2. The first-order valence-electron chi connectivity index (χ1n) is 16.2. The molecule has 7 N–H and O–H groups in total. The summed E-state index contributed by atoms with van der Waals surface area (Å²) in [6, 6.07) is -3.58. The molecule has 5 atom stereocenters. The van der Waals surface area contributed by atoms with Crippen LogP contribution >= 0.6 is 0 Å². The summed E-state index contributed by atoms with van der Waals surface area (Å²) in [6.45, 7) is 19.0. The molecular weight excluding hydrogens is 602 g/mol. The lowest BCUT2D eigenvalue weighted by molar-refractivity contribution is -0.142. The second-order valence-corrected chi connectivity index (χ2v) is 14.5. The van der Waals surface area contributed by atoms with Crippen molar-refractivity contribution >= 4 is 29.8 Å². The van der Waals surface area contributed by atoms with Crippen LogP contribution in [0.25, 0.3) is 6.08 Å². The third-order valence-corrected chi connectivity index (χ3v) is 8.83. The molecule has 12 heteroatoms. The number of hydrogen-bond acceptors (Lipinski definition) is 7. The van der Waals surface area contributed by atoms with E-state index in [1.807, 2.05) is 73.2 Å². The lowest BCUT2D eigenvalue weighted by Crippen LogP contribution is -2.63. The van der Waals surface area contributed by atoms with Gasteiger partial charge in [-0.1, -0.05) is 67.5 Å². The van der Waals surface area contributed by atoms with E-state index < -0.39 is 65.5 Å². The lowest BCUT2D eigenvalue weighted by atomic mass is 9.76. The highest BCUT2D eigenvalue weighted by atomic mass is 16.4. The van der Waals surface area contributed by atoms with Crippen LogP contribution in [0.1, 0.15) is 98.4 Å². The fraction of sp³-hybridized carbons (Fsp3) is 0.657. The quantitative estimate of drug-likeness (QED) is 0.107. The number of aliphatic carboxylic acids is 2. The van der Waals surface area contributed by atoms with Crippen LogP contribution in [0, 0.1) is 18.3 Å². The number of allylic oxidation sites excluding steroid dienone is 1. The number of aryl methyl sites for hydroxylation is 1. The van der Waals surface area contributed by atoms with Crippen LogP contribution in [0.5, 0.6) is 0 Å². The van der Waals surface area contributed by atoms with E-state index in [9.17, 15) is 29.4 Å². The topological polar surface area (TPSA) is 187 Å². The van der Waals surface area contributed by atoms with Gasteiger partial charge in [0, 0.05) is 43.4 Å². The second-order valence-electron chi connectivity index (χ2n) is 14.5. The highest BCUT2D eigenvalue weighted by Gasteiger charge is 2.42. The van der Waals surface area contributed by atoms with Gasteiger partial charge in [0.25, 0.3) is 0 Å². The maximum Gasteiger partial charge on any atom is 0.326 e. The summed E-state index contributed by atoms with van der Waals surface area (Å²) in [5.74, 6) is -3.64. The summed E-state index contributed by atoms with van der Waals surface area (Å²) in [5.41, 5.74) is 8.72. The first kappa shape index (κ1) is 41.5. The van der Waals surface area contributed by atoms with Gasteiger partial charge < -0.3 is 35.8 Å². The zero-order valence-electron chi connectivity index (χ0n) is 30.3. The van der Waals surface area contributed by atoms with Crippen LogP contribution in [0.2, 0.25) is 0 Å². The zero-order valence-corrected chi connectivity index (χ0v) is 30.3. The molecule has 0 saturated heterocycles. The van der Waals surface area contributed by atoms with Gasteiger partial charge in [-0.3, -0.25) is 19.7 Å². The molecule has 2 amide bonds. The van der Waals surface area contributed by atoms with Crippen molar-refractivity contribution in [3.8, 4) is 0 Å². The Morgan fingerprint density at radius 2 is 1.68 bits per heavy atom. The number of carbonyl (C=O) groups is 4. The molecule has 0 radical (unpaired) electrons. The molecule has 1 aromatic heterocycles. The van der Waals surface area contributed by atoms with Crippen molar-refractivity contribution < 1.29 is 34.5 Å². The number of carboxylic acid groups (broad SMARTS) is 2. The molecule has 266 valence electrons. The van der Waals surface area contributed by atoms with E-state index >= 15 is 0 Å². The van der Waals surface area contributed by atoms with Gasteiger partial charge in [0.1, 0.15) is 12.3 Å². The molecule has 47 heavy (non-hydrogen) atoms. The van der Waals surface area contributed by atoms with Crippen molar-refractivity contribution in [3.63, 3.8) is 0 Å². The zero-order chi connectivity index (χ0) is 36.6. The second kappa shape index (κ2) is 17.1. The number of hydrogen-bond donors (Lipinski definition) is 6. The number of aliphatic hydroxyl groups is 1. The predicted molar refractivity (Wildman–Crippen MR) is 184 cm³/mol. The summed E-state index contributed by atoms with van der Waals surface area (Å²) < 4.78 is 2.04. The maximum absolute atomic E-state index is 14.1. The highest BCUT2D eigenvalue weighted by Crippen LogP contribution is 2.34. The van der Waals surface area contributed by atoms with Crippen LogP contribution in [-0.2, 0) is 31.6 Å². The van der Waals surface area contributed by atoms with Crippen LogP contribution < -0.4 is 16.4 Å². The Kier molecular flexibility index (Phi) is 15.1. The molecule has 1 rings (SSSR count). The van der Waals surface area contributed by atoms with E-state index in [1.54, 1.807) is 13.1 Å². The van der Waals surface area contributed by atoms with E-state index in [2.05, 4.69) is 29.7 Å². The predicted octanol–water partition coefficient (Wildman–Crippen LogP) is 3.55. The minimum absolute atomic E-state index is 0.141. The van der Waals surface area contributed by atoms with Gasteiger partial charge in [-0.05, 0) is 55.2 Å². The van der Waals surface area contributed by atoms with Crippen molar-refractivity contribution in [2.75, 3.05) is 7.05 Å². The van der Waals surface area contributed by atoms with Gasteiger partial charge in [-0.2, -0.15) is 0 Å². The normalized spacial score (nSPS) is 16.1. The Bertz CT molecular complexity index is 1320. The van der Waals surface area contributed by atoms with Crippen LogP contribution in [0.15, 0.2) is 23.9 Å². The Morgan fingerprint density at radius 1 is 1.11 bits per heavy atom. The van der Waals surface area contributed by atoms with Crippen LogP contribution in [-0.4, -0.2) is 86.0 Å². The number of carboxylic acids is 2. The third kappa shape index (κ3) is 11.0. The summed E-state index contributed by atoms with van der Waals surface area (Å²) in [4.78, 5) is 51.1. The molecule has 0 aliphatic rings. The molecular formula is C35H59N5O7. The number of nitrogens with zero attached hydrogens (tertiary/aromatic N) is 2. The van der Waals surface area contributed by atoms with Gasteiger partial charge in [-0.25, -0.2) is 4.79 Å². The molecule has 0 aliphatic heterocycles. The van der Waals surface area contributed by atoms with E-state index in [4.69, 9.17) is 10.8 Å². The number of nitrogens with two attached hydrogens (primary N) is 1. The van der Waals surface area contributed by atoms with E-state index in [-0.39, 0.29) is 23.8 Å². The third-order valence-electron chi connectivity index (χ3n) is 8.83. The van der Waals surface area contributed by atoms with Crippen molar-refractivity contribution in [2.24, 2.45) is 24.1 Å². The standard InChI is InChI=1S/C35H59N5O7/c1-13-14-15-25-22(5)23(19-39(25)11)35(9,10)28(36)31(44)38-29(34(6,7)8)32(45)40(12)26(20(2)3)18-21(4)30(43)37-24(33(46)47)16-17-27(41)42/h14-15,18-20,24,26,28-29,31,38,44H,13,16-17,36H2,1-12H3,(H,37,43)(H,41,42)(H,46,47)/b15-14-,21-18+/t24-,26-,28-,29-,31?/m1/s1. The van der Waals surface area contributed by atoms with E-state index in [0.717, 1.165) is 23.2 Å². The SMILES string of the molecule is CC/C=C\c1c(C)c(C(C)(C)[C@H](N)C(O)N[C@H](C(=O)N(C)[C@H](/C=C(\C)C(=O)N[C@H](CCC(=O)O)C(=O)O)C(C)C)C(C)(C)C)cn1C. The molecule has 0 spiro atoms. The minimum Gasteiger partial charge on any atom is -0.481 e. The van der Waals surface area contributed by atoms with Gasteiger partial charge in [0.15, 0.2) is 0 Å². The lowest BCUT2D eigenvalue weighted by Gasteiger charge is -2.41. The monoisotopic (exact) mass is 661 g/mol.